The normalized spacial score (nSPS) is 25.6. The van der Waals surface area contributed by atoms with E-state index in [0.717, 1.165) is 11.1 Å². The number of nitrogens with one attached hydrogen (secondary N) is 2. The Morgan fingerprint density at radius 1 is 1.27 bits per heavy atom. The third kappa shape index (κ3) is 4.19. The minimum absolute atomic E-state index is 0.235. The van der Waals surface area contributed by atoms with Gasteiger partial charge in [0.05, 0.1) is 12.1 Å². The molecule has 0 bridgehead atoms. The zero-order chi connectivity index (χ0) is 18.7. The van der Waals surface area contributed by atoms with Crippen LogP contribution in [-0.4, -0.2) is 40.4 Å². The molecule has 0 spiro atoms. The van der Waals surface area contributed by atoms with Gasteiger partial charge >= 0.3 is 5.97 Å². The van der Waals surface area contributed by atoms with Crippen molar-refractivity contribution >= 4 is 28.6 Å². The van der Waals surface area contributed by atoms with Gasteiger partial charge in [0.1, 0.15) is 0 Å². The van der Waals surface area contributed by atoms with Gasteiger partial charge in [-0.1, -0.05) is 24.3 Å². The topological polar surface area (TPSA) is 102 Å². The summed E-state index contributed by atoms with van der Waals surface area (Å²) in [4.78, 5) is 35.8. The highest BCUT2D eigenvalue weighted by Crippen LogP contribution is 2.32. The van der Waals surface area contributed by atoms with E-state index in [-0.39, 0.29) is 30.2 Å². The molecule has 4 atom stereocenters. The Balaban J connectivity index is 1.74. The number of benzene rings is 1. The highest BCUT2D eigenvalue weighted by atomic mass is 32.2. The van der Waals surface area contributed by atoms with E-state index in [0.29, 0.717) is 12.8 Å². The molecule has 3 rings (SSSR count). The second-order valence-corrected chi connectivity index (χ2v) is 7.59. The van der Waals surface area contributed by atoms with Crippen LogP contribution >= 0.6 is 0 Å². The smallest absolute Gasteiger partial charge is 0.306 e. The van der Waals surface area contributed by atoms with E-state index in [2.05, 4.69) is 10.6 Å². The fraction of sp³-hybridized carbons (Fsp3) is 0.389. The van der Waals surface area contributed by atoms with Gasteiger partial charge < -0.3 is 15.4 Å². The summed E-state index contributed by atoms with van der Waals surface area (Å²) in [5, 5.41) is 7.06. The lowest BCUT2D eigenvalue weighted by molar-refractivity contribution is -0.148. The lowest BCUT2D eigenvalue weighted by Crippen LogP contribution is -2.46. The van der Waals surface area contributed by atoms with Gasteiger partial charge in [-0.25, -0.2) is 0 Å². The summed E-state index contributed by atoms with van der Waals surface area (Å²) in [5.74, 6) is -1.11. The van der Waals surface area contributed by atoms with E-state index in [1.165, 1.54) is 17.7 Å². The molecule has 1 aliphatic carbocycles. The van der Waals surface area contributed by atoms with Crippen molar-refractivity contribution in [2.24, 2.45) is 0 Å². The summed E-state index contributed by atoms with van der Waals surface area (Å²) >= 11 is 0. The van der Waals surface area contributed by atoms with Crippen LogP contribution in [0.4, 0.5) is 0 Å². The summed E-state index contributed by atoms with van der Waals surface area (Å²) in [5.41, 5.74) is 1.97. The van der Waals surface area contributed by atoms with Crippen molar-refractivity contribution in [3.8, 4) is 0 Å². The van der Waals surface area contributed by atoms with Crippen LogP contribution in [0.25, 0.3) is 0 Å². The highest BCUT2D eigenvalue weighted by molar-refractivity contribution is 7.87. The number of carbonyl (C=O) groups excluding carboxylic acids is 3. The molecule has 1 aromatic carbocycles. The Kier molecular flexibility index (Phi) is 5.51. The van der Waals surface area contributed by atoms with Crippen molar-refractivity contribution in [2.45, 2.75) is 37.5 Å². The van der Waals surface area contributed by atoms with Gasteiger partial charge in [-0.2, -0.15) is 0 Å². The van der Waals surface area contributed by atoms with Gasteiger partial charge in [-0.15, -0.1) is 0 Å². The quantitative estimate of drug-likeness (QED) is 0.575. The maximum atomic E-state index is 12.4. The monoisotopic (exact) mass is 376 g/mol. The Hall–Kier alpha value is -2.48. The largest absolute Gasteiger partial charge is 0.452 e. The summed E-state index contributed by atoms with van der Waals surface area (Å²) in [7, 11) is -1.21. The zero-order valence-electron chi connectivity index (χ0n) is 14.3. The average molecular weight is 376 g/mol. The van der Waals surface area contributed by atoms with Gasteiger partial charge in [-0.3, -0.25) is 18.6 Å². The molecule has 1 saturated heterocycles. The number of hydrogen-bond donors (Lipinski definition) is 2. The number of esters is 1. The molecule has 8 heteroatoms. The second-order valence-electron chi connectivity index (χ2n) is 6.32. The SMILES string of the molecule is CS(=O)/C=C/C(=O)N[C@@H]1Cc2ccccc2[C@H]1NC(=O)[C@H]1CCC(=O)O1. The van der Waals surface area contributed by atoms with Gasteiger partial charge in [0, 0.05) is 41.4 Å². The summed E-state index contributed by atoms with van der Waals surface area (Å²) in [6, 6.07) is 6.88. The van der Waals surface area contributed by atoms with E-state index in [1.54, 1.807) is 0 Å². The van der Waals surface area contributed by atoms with Crippen molar-refractivity contribution in [1.82, 2.24) is 10.6 Å². The van der Waals surface area contributed by atoms with E-state index < -0.39 is 22.9 Å². The van der Waals surface area contributed by atoms with Crippen LogP contribution in [0.1, 0.15) is 30.0 Å². The molecule has 2 amide bonds. The molecule has 1 unspecified atom stereocenters. The van der Waals surface area contributed by atoms with Crippen molar-refractivity contribution in [3.63, 3.8) is 0 Å². The fourth-order valence-electron chi connectivity index (χ4n) is 3.25. The van der Waals surface area contributed by atoms with Crippen LogP contribution in [0.3, 0.4) is 0 Å². The first-order chi connectivity index (χ1) is 12.4. The molecule has 138 valence electrons. The van der Waals surface area contributed by atoms with Gasteiger partial charge in [0.25, 0.3) is 5.91 Å². The summed E-state index contributed by atoms with van der Waals surface area (Å²) < 4.78 is 16.1. The van der Waals surface area contributed by atoms with Crippen LogP contribution in [-0.2, 0) is 36.3 Å². The number of amides is 2. The second kappa shape index (κ2) is 7.82. The minimum atomic E-state index is -1.21. The highest BCUT2D eigenvalue weighted by Gasteiger charge is 2.37. The molecule has 2 aliphatic rings. The Bertz CT molecular complexity index is 792. The number of cyclic esters (lactones) is 1. The molecule has 1 aromatic rings. The lowest BCUT2D eigenvalue weighted by Gasteiger charge is -2.24. The first-order valence-electron chi connectivity index (χ1n) is 8.32. The van der Waals surface area contributed by atoms with Crippen LogP contribution in [0.2, 0.25) is 0 Å². The lowest BCUT2D eigenvalue weighted by atomic mass is 10.1. The van der Waals surface area contributed by atoms with Crippen molar-refractivity contribution < 1.29 is 23.3 Å². The minimum Gasteiger partial charge on any atom is -0.452 e. The van der Waals surface area contributed by atoms with E-state index in [4.69, 9.17) is 4.74 Å². The fourth-order valence-corrected chi connectivity index (χ4v) is 3.57. The van der Waals surface area contributed by atoms with Crippen molar-refractivity contribution in [3.05, 3.63) is 46.9 Å². The van der Waals surface area contributed by atoms with Crippen LogP contribution < -0.4 is 10.6 Å². The van der Waals surface area contributed by atoms with Crippen molar-refractivity contribution in [1.29, 1.82) is 0 Å². The van der Waals surface area contributed by atoms with E-state index in [1.807, 2.05) is 24.3 Å². The molecule has 2 N–H and O–H groups in total. The molecule has 7 nitrogen and oxygen atoms in total. The molecule has 0 aromatic heterocycles. The molecule has 0 saturated carbocycles. The summed E-state index contributed by atoms with van der Waals surface area (Å²) in [6.07, 6.45) is 3.09. The number of hydrogen-bond acceptors (Lipinski definition) is 5. The maximum absolute atomic E-state index is 12.4. The number of fused-ring (bicyclic) bond motifs is 1. The first kappa shape index (κ1) is 18.3. The molecule has 0 radical (unpaired) electrons. The average Bonchev–Trinajstić information content (AvgIpc) is 3.17. The standard InChI is InChI=1S/C18H20N2O5S/c1-26(24)9-8-15(21)19-13-10-11-4-2-3-5-12(11)17(13)20-18(23)14-6-7-16(22)25-14/h2-5,8-9,13-14,17H,6-7,10H2,1H3,(H,19,21)(H,20,23)/b9-8+/t13-,14-,17-,26?/m1/s1. The van der Waals surface area contributed by atoms with Crippen molar-refractivity contribution in [2.75, 3.05) is 6.26 Å². The number of carbonyl (C=O) groups is 3. The van der Waals surface area contributed by atoms with Crippen LogP contribution in [0, 0.1) is 0 Å². The third-order valence-corrected chi connectivity index (χ3v) is 4.96. The number of rotatable bonds is 5. The van der Waals surface area contributed by atoms with Gasteiger partial charge in [-0.05, 0) is 17.5 Å². The molecule has 26 heavy (non-hydrogen) atoms. The summed E-state index contributed by atoms with van der Waals surface area (Å²) in [6.45, 7) is 0. The van der Waals surface area contributed by atoms with Crippen LogP contribution in [0.5, 0.6) is 0 Å². The zero-order valence-corrected chi connectivity index (χ0v) is 15.1. The predicted molar refractivity (Wildman–Crippen MR) is 95.3 cm³/mol. The Morgan fingerprint density at radius 3 is 2.73 bits per heavy atom. The van der Waals surface area contributed by atoms with E-state index >= 15 is 0 Å². The molecule has 1 heterocycles. The van der Waals surface area contributed by atoms with Gasteiger partial charge in [0.15, 0.2) is 6.10 Å². The Morgan fingerprint density at radius 2 is 2.04 bits per heavy atom. The Labute approximate surface area is 153 Å². The first-order valence-corrected chi connectivity index (χ1v) is 9.95. The molecule has 1 fully saturated rings. The van der Waals surface area contributed by atoms with E-state index in [9.17, 15) is 18.6 Å². The predicted octanol–water partition coefficient (Wildman–Crippen LogP) is 0.483. The third-order valence-electron chi connectivity index (χ3n) is 4.45. The van der Waals surface area contributed by atoms with Crippen LogP contribution in [0.15, 0.2) is 35.7 Å². The van der Waals surface area contributed by atoms with Gasteiger partial charge in [0.2, 0.25) is 5.91 Å². The molecular weight excluding hydrogens is 356 g/mol. The molecule has 1 aliphatic heterocycles. The number of ether oxygens (including phenoxy) is 1. The molecular formula is C18H20N2O5S. The maximum Gasteiger partial charge on any atom is 0.306 e.